The van der Waals surface area contributed by atoms with Gasteiger partial charge in [0, 0.05) is 6.42 Å². The summed E-state index contributed by atoms with van der Waals surface area (Å²) in [5, 5.41) is 11.4. The molecule has 3 rings (SSSR count). The summed E-state index contributed by atoms with van der Waals surface area (Å²) in [5.41, 5.74) is -0.754. The zero-order chi connectivity index (χ0) is 18.6. The SMILES string of the molecule is C[N+]1(C)CCCC[C@H]1COC(=O)C(O)(c1ccccc1)c1ccccc1. The third-order valence-corrected chi connectivity index (χ3v) is 5.60. The Morgan fingerprint density at radius 3 is 2.08 bits per heavy atom. The van der Waals surface area contributed by atoms with Gasteiger partial charge in [0.1, 0.15) is 12.6 Å². The average molecular weight is 354 g/mol. The van der Waals surface area contributed by atoms with E-state index in [1.54, 1.807) is 24.3 Å². The molecule has 26 heavy (non-hydrogen) atoms. The molecule has 0 spiro atoms. The highest BCUT2D eigenvalue weighted by molar-refractivity contribution is 5.85. The number of hydrogen-bond donors (Lipinski definition) is 1. The van der Waals surface area contributed by atoms with Crippen LogP contribution in [0.2, 0.25) is 0 Å². The molecule has 1 heterocycles. The molecule has 1 fully saturated rings. The molecule has 0 bridgehead atoms. The molecule has 1 aliphatic rings. The predicted octanol–water partition coefficient (Wildman–Crippen LogP) is 3.09. The van der Waals surface area contributed by atoms with Crippen molar-refractivity contribution >= 4 is 5.97 Å². The molecule has 1 N–H and O–H groups in total. The Hall–Kier alpha value is -2.17. The van der Waals surface area contributed by atoms with Gasteiger partial charge in [-0.1, -0.05) is 60.7 Å². The molecule has 2 aromatic carbocycles. The van der Waals surface area contributed by atoms with Crippen molar-refractivity contribution in [1.29, 1.82) is 0 Å². The molecular formula is C22H28NO3+. The predicted molar refractivity (Wildman–Crippen MR) is 101 cm³/mol. The van der Waals surface area contributed by atoms with Crippen molar-refractivity contribution < 1.29 is 19.1 Å². The summed E-state index contributed by atoms with van der Waals surface area (Å²) in [6.07, 6.45) is 3.40. The fraction of sp³-hybridized carbons (Fsp3) is 0.409. The van der Waals surface area contributed by atoms with E-state index in [2.05, 4.69) is 14.1 Å². The zero-order valence-corrected chi connectivity index (χ0v) is 15.6. The van der Waals surface area contributed by atoms with Gasteiger partial charge in [-0.25, -0.2) is 4.79 Å². The molecule has 1 atom stereocenters. The largest absolute Gasteiger partial charge is 0.457 e. The number of aliphatic hydroxyl groups is 1. The smallest absolute Gasteiger partial charge is 0.347 e. The van der Waals surface area contributed by atoms with Gasteiger partial charge < -0.3 is 14.3 Å². The Balaban J connectivity index is 1.84. The van der Waals surface area contributed by atoms with Gasteiger partial charge >= 0.3 is 5.97 Å². The number of carbonyl (C=O) groups is 1. The van der Waals surface area contributed by atoms with E-state index in [-0.39, 0.29) is 6.04 Å². The normalized spacial score (nSPS) is 19.7. The number of nitrogens with zero attached hydrogens (tertiary/aromatic N) is 1. The topological polar surface area (TPSA) is 46.5 Å². The van der Waals surface area contributed by atoms with Gasteiger partial charge in [0.2, 0.25) is 5.60 Å². The molecule has 0 radical (unpaired) electrons. The molecule has 0 unspecified atom stereocenters. The van der Waals surface area contributed by atoms with E-state index in [1.165, 1.54) is 6.42 Å². The third-order valence-electron chi connectivity index (χ3n) is 5.60. The van der Waals surface area contributed by atoms with Crippen molar-refractivity contribution in [2.75, 3.05) is 27.2 Å². The summed E-state index contributed by atoms with van der Waals surface area (Å²) in [4.78, 5) is 13.0. The summed E-state index contributed by atoms with van der Waals surface area (Å²) < 4.78 is 6.54. The molecule has 4 nitrogen and oxygen atoms in total. The molecule has 138 valence electrons. The minimum absolute atomic E-state index is 0.267. The summed E-state index contributed by atoms with van der Waals surface area (Å²) in [6, 6.07) is 18.3. The van der Waals surface area contributed by atoms with E-state index < -0.39 is 11.6 Å². The highest BCUT2D eigenvalue weighted by atomic mass is 16.6. The highest BCUT2D eigenvalue weighted by Gasteiger charge is 2.43. The highest BCUT2D eigenvalue weighted by Crippen LogP contribution is 2.31. The first kappa shape index (κ1) is 18.6. The van der Waals surface area contributed by atoms with E-state index in [4.69, 9.17) is 4.74 Å². The number of likely N-dealkylation sites (tertiary alicyclic amines) is 1. The Morgan fingerprint density at radius 1 is 1.04 bits per heavy atom. The first-order valence-electron chi connectivity index (χ1n) is 9.28. The number of benzene rings is 2. The Morgan fingerprint density at radius 2 is 1.58 bits per heavy atom. The summed E-state index contributed by atoms with van der Waals surface area (Å²) in [5.74, 6) is -0.611. The lowest BCUT2D eigenvalue weighted by molar-refractivity contribution is -0.920. The van der Waals surface area contributed by atoms with Crippen LogP contribution in [0, 0.1) is 0 Å². The number of esters is 1. The number of carbonyl (C=O) groups excluding carboxylic acids is 1. The maximum atomic E-state index is 13.0. The lowest BCUT2D eigenvalue weighted by Crippen LogP contribution is -2.54. The number of likely N-dealkylation sites (N-methyl/N-ethyl adjacent to an activating group) is 1. The second-order valence-corrected chi connectivity index (χ2v) is 7.69. The van der Waals surface area contributed by atoms with Gasteiger partial charge in [-0.2, -0.15) is 0 Å². The van der Waals surface area contributed by atoms with Gasteiger partial charge in [-0.3, -0.25) is 0 Å². The lowest BCUT2D eigenvalue weighted by Gasteiger charge is -2.41. The van der Waals surface area contributed by atoms with Crippen molar-refractivity contribution in [2.45, 2.75) is 30.9 Å². The molecule has 0 aliphatic carbocycles. The van der Waals surface area contributed by atoms with E-state index in [0.29, 0.717) is 17.7 Å². The van der Waals surface area contributed by atoms with E-state index in [0.717, 1.165) is 23.9 Å². The molecule has 4 heteroatoms. The van der Waals surface area contributed by atoms with Crippen LogP contribution in [-0.2, 0) is 15.1 Å². The molecular weight excluding hydrogens is 326 g/mol. The van der Waals surface area contributed by atoms with Crippen molar-refractivity contribution in [3.05, 3.63) is 71.8 Å². The fourth-order valence-electron chi connectivity index (χ4n) is 3.75. The second-order valence-electron chi connectivity index (χ2n) is 7.69. The van der Waals surface area contributed by atoms with Crippen molar-refractivity contribution in [1.82, 2.24) is 0 Å². The molecule has 1 saturated heterocycles. The minimum Gasteiger partial charge on any atom is -0.457 e. The first-order chi connectivity index (χ1) is 12.4. The summed E-state index contributed by atoms with van der Waals surface area (Å²) in [7, 11) is 4.36. The van der Waals surface area contributed by atoms with E-state index in [9.17, 15) is 9.90 Å². The van der Waals surface area contributed by atoms with Crippen LogP contribution >= 0.6 is 0 Å². The molecule has 0 amide bonds. The standard InChI is InChI=1S/C22H28NO3/c1-23(2)16-10-9-15-20(23)17-26-21(24)22(25,18-11-5-3-6-12-18)19-13-7-4-8-14-19/h3-8,11-14,20,25H,9-10,15-17H2,1-2H3/q+1/t20-/m0/s1. The lowest BCUT2D eigenvalue weighted by atomic mass is 9.86. The second kappa shape index (κ2) is 7.60. The maximum Gasteiger partial charge on any atom is 0.347 e. The number of piperidine rings is 1. The number of quaternary nitrogens is 1. The number of rotatable bonds is 5. The van der Waals surface area contributed by atoms with E-state index >= 15 is 0 Å². The monoisotopic (exact) mass is 354 g/mol. The van der Waals surface area contributed by atoms with Crippen LogP contribution in [0.1, 0.15) is 30.4 Å². The third kappa shape index (κ3) is 3.67. The average Bonchev–Trinajstić information content (AvgIpc) is 2.67. The Kier molecular flexibility index (Phi) is 5.44. The fourth-order valence-corrected chi connectivity index (χ4v) is 3.75. The van der Waals surface area contributed by atoms with Crippen LogP contribution in [0.25, 0.3) is 0 Å². The first-order valence-corrected chi connectivity index (χ1v) is 9.28. The van der Waals surface area contributed by atoms with Crippen LogP contribution in [0.5, 0.6) is 0 Å². The Labute approximate surface area is 155 Å². The van der Waals surface area contributed by atoms with Crippen LogP contribution in [0.15, 0.2) is 60.7 Å². The Bertz CT molecular complexity index is 688. The summed E-state index contributed by atoms with van der Waals surface area (Å²) in [6.45, 7) is 1.41. The zero-order valence-electron chi connectivity index (χ0n) is 15.6. The summed E-state index contributed by atoms with van der Waals surface area (Å²) >= 11 is 0. The van der Waals surface area contributed by atoms with Crippen molar-refractivity contribution in [2.24, 2.45) is 0 Å². The van der Waals surface area contributed by atoms with Gasteiger partial charge in [0.25, 0.3) is 0 Å². The molecule has 0 saturated carbocycles. The quantitative estimate of drug-likeness (QED) is 0.663. The molecule has 0 aromatic heterocycles. The van der Waals surface area contributed by atoms with Crippen LogP contribution < -0.4 is 0 Å². The minimum atomic E-state index is -1.80. The van der Waals surface area contributed by atoms with Gasteiger partial charge in [0.05, 0.1) is 20.6 Å². The number of ether oxygens (including phenoxy) is 1. The number of hydrogen-bond acceptors (Lipinski definition) is 3. The van der Waals surface area contributed by atoms with Crippen molar-refractivity contribution in [3.63, 3.8) is 0 Å². The molecule has 2 aromatic rings. The van der Waals surface area contributed by atoms with Crippen molar-refractivity contribution in [3.8, 4) is 0 Å². The maximum absolute atomic E-state index is 13.0. The van der Waals surface area contributed by atoms with Crippen LogP contribution in [0.3, 0.4) is 0 Å². The van der Waals surface area contributed by atoms with Crippen LogP contribution in [-0.4, -0.2) is 48.8 Å². The van der Waals surface area contributed by atoms with E-state index in [1.807, 2.05) is 36.4 Å². The van der Waals surface area contributed by atoms with Crippen LogP contribution in [0.4, 0.5) is 0 Å². The molecule has 1 aliphatic heterocycles. The van der Waals surface area contributed by atoms with Gasteiger partial charge in [-0.05, 0) is 24.0 Å². The van der Waals surface area contributed by atoms with Gasteiger partial charge in [-0.15, -0.1) is 0 Å². The van der Waals surface area contributed by atoms with Gasteiger partial charge in [0.15, 0.2) is 0 Å².